The summed E-state index contributed by atoms with van der Waals surface area (Å²) in [7, 11) is 0. The fourth-order valence-corrected chi connectivity index (χ4v) is 17.7. The van der Waals surface area contributed by atoms with Gasteiger partial charge in [-0.2, -0.15) is 25.5 Å². The summed E-state index contributed by atoms with van der Waals surface area (Å²) >= 11 is 0. The van der Waals surface area contributed by atoms with Gasteiger partial charge in [-0.3, -0.25) is 73.4 Å². The molecule has 0 fully saturated rings. The third-order valence-corrected chi connectivity index (χ3v) is 24.3. The molecule has 138 heavy (non-hydrogen) atoms. The van der Waals surface area contributed by atoms with Crippen LogP contribution in [0.3, 0.4) is 0 Å². The number of benzene rings is 5. The van der Waals surface area contributed by atoms with Crippen molar-refractivity contribution in [3.63, 3.8) is 0 Å². The molecule has 728 valence electrons. The molecule has 32 heteroatoms. The van der Waals surface area contributed by atoms with Gasteiger partial charge in [0.15, 0.2) is 0 Å². The highest BCUT2D eigenvalue weighted by Crippen LogP contribution is 2.42. The number of rotatable bonds is 15. The monoisotopic (exact) mass is 1880 g/mol. The molecule has 0 atom stereocenters. The first-order chi connectivity index (χ1) is 64.8. The highest BCUT2D eigenvalue weighted by atomic mass is 19.1. The van der Waals surface area contributed by atoms with Crippen LogP contribution < -0.4 is 26.6 Å². The van der Waals surface area contributed by atoms with E-state index in [4.69, 9.17) is 0 Å². The van der Waals surface area contributed by atoms with Gasteiger partial charge in [0.25, 0.3) is 59.1 Å². The molecule has 5 aromatic heterocycles. The smallest absolute Gasteiger partial charge is 0.257 e. The Kier molecular flexibility index (Phi) is 31.9. The third-order valence-electron chi connectivity index (χ3n) is 24.3. The maximum Gasteiger partial charge on any atom is 0.257 e. The van der Waals surface area contributed by atoms with Gasteiger partial charge in [-0.1, -0.05) is 122 Å². The van der Waals surface area contributed by atoms with Gasteiger partial charge in [0.2, 0.25) is 0 Å². The Morgan fingerprint density at radius 3 is 0.833 bits per heavy atom. The molecule has 15 rings (SSSR count). The molecule has 30 nitrogen and oxygen atoms in total. The van der Waals surface area contributed by atoms with Crippen LogP contribution in [-0.2, 0) is 51.0 Å². The van der Waals surface area contributed by atoms with Gasteiger partial charge < -0.3 is 51.1 Å². The minimum absolute atomic E-state index is 0.0118. The van der Waals surface area contributed by atoms with E-state index in [0.717, 1.165) is 61.6 Å². The highest BCUT2D eigenvalue weighted by Gasteiger charge is 2.44. The molecule has 10 heterocycles. The molecule has 10 amide bonds. The highest BCUT2D eigenvalue weighted by molar-refractivity contribution is 6.23. The van der Waals surface area contributed by atoms with E-state index in [1.54, 1.807) is 71.9 Å². The average Bonchev–Trinajstić information content (AvgIpc) is 1.62. The lowest BCUT2D eigenvalue weighted by atomic mass is 9.82. The van der Waals surface area contributed by atoms with Crippen molar-refractivity contribution < 1.29 is 56.7 Å². The lowest BCUT2D eigenvalue weighted by Gasteiger charge is -2.29. The van der Waals surface area contributed by atoms with Crippen LogP contribution in [0, 0.1) is 67.0 Å². The molecule has 5 aromatic carbocycles. The Balaban J connectivity index is 0.000000165. The van der Waals surface area contributed by atoms with Crippen LogP contribution in [-0.4, -0.2) is 198 Å². The number of nitrogens with one attached hydrogen (secondary N) is 10. The predicted molar refractivity (Wildman–Crippen MR) is 530 cm³/mol. The lowest BCUT2D eigenvalue weighted by Crippen LogP contribution is -2.37. The van der Waals surface area contributed by atoms with E-state index in [-0.39, 0.29) is 105 Å². The lowest BCUT2D eigenvalue weighted by molar-refractivity contribution is -0.116. The van der Waals surface area contributed by atoms with E-state index in [9.17, 15) is 56.7 Å². The van der Waals surface area contributed by atoms with Gasteiger partial charge >= 0.3 is 0 Å². The number of aromatic nitrogens is 10. The van der Waals surface area contributed by atoms with Crippen molar-refractivity contribution in [3.8, 4) is 0 Å². The molecular weight excluding hydrogens is 1750 g/mol. The van der Waals surface area contributed by atoms with Crippen LogP contribution in [0.25, 0.3) is 27.9 Å². The zero-order valence-electron chi connectivity index (χ0n) is 83.9. The molecule has 0 aliphatic carbocycles. The second kappa shape index (κ2) is 42.4. The second-order valence-corrected chi connectivity index (χ2v) is 40.0. The van der Waals surface area contributed by atoms with Crippen LogP contribution in [0.4, 0.5) is 8.78 Å². The fraction of sp³-hybridized carbons (Fsp3) is 0.387. The van der Waals surface area contributed by atoms with Crippen molar-refractivity contribution >= 4 is 86.9 Å². The van der Waals surface area contributed by atoms with Crippen molar-refractivity contribution in [2.24, 2.45) is 0 Å². The maximum atomic E-state index is 13.6. The van der Waals surface area contributed by atoms with E-state index in [1.807, 2.05) is 211 Å². The molecule has 0 radical (unpaired) electrons. The first-order valence-electron chi connectivity index (χ1n) is 46.4. The number of amides is 10. The number of nitrogens with zero attached hydrogens (tertiary/aromatic N) is 10. The minimum atomic E-state index is -0.443. The molecular formula is C106H130F2N20O10. The number of fused-ring (bicyclic) bond motifs is 5. The van der Waals surface area contributed by atoms with Gasteiger partial charge in [0.1, 0.15) is 28.7 Å². The zero-order chi connectivity index (χ0) is 101. The molecule has 10 aromatic rings. The second-order valence-electron chi connectivity index (χ2n) is 40.0. The van der Waals surface area contributed by atoms with Gasteiger partial charge in [-0.25, -0.2) is 8.78 Å². The van der Waals surface area contributed by atoms with Crippen molar-refractivity contribution in [1.29, 1.82) is 0 Å². The number of carbonyl (C=O) groups is 10. The van der Waals surface area contributed by atoms with Crippen molar-refractivity contribution in [2.75, 3.05) is 45.8 Å². The van der Waals surface area contributed by atoms with Crippen LogP contribution in [0.15, 0.2) is 153 Å². The molecule has 5 aliphatic rings. The van der Waals surface area contributed by atoms with Crippen LogP contribution in [0.2, 0.25) is 0 Å². The quantitative estimate of drug-likeness (QED) is 0.0456. The molecule has 0 unspecified atom stereocenters. The molecule has 0 saturated carbocycles. The number of likely N-dealkylation sites (N-methyl/N-ethyl adjacent to an activating group) is 2. The number of hydrogen-bond acceptors (Lipinski definition) is 15. The summed E-state index contributed by atoms with van der Waals surface area (Å²) < 4.78 is 27.2. The van der Waals surface area contributed by atoms with Gasteiger partial charge in [-0.05, 0) is 195 Å². The number of aromatic amines is 5. The Labute approximate surface area is 805 Å². The Hall–Kier alpha value is -14.6. The van der Waals surface area contributed by atoms with E-state index < -0.39 is 10.8 Å². The first-order valence-corrected chi connectivity index (χ1v) is 46.4. The molecule has 0 spiro atoms. The largest absolute Gasteiger partial charge is 0.352 e. The summed E-state index contributed by atoms with van der Waals surface area (Å²) in [5.74, 6) is -2.95. The van der Waals surface area contributed by atoms with Gasteiger partial charge in [0, 0.05) is 195 Å². The van der Waals surface area contributed by atoms with Crippen molar-refractivity contribution in [1.82, 2.24) is 102 Å². The molecule has 5 aliphatic heterocycles. The number of halogens is 2. The fourth-order valence-electron chi connectivity index (χ4n) is 17.7. The maximum absolute atomic E-state index is 13.6. The van der Waals surface area contributed by atoms with Crippen LogP contribution in [0.5, 0.6) is 0 Å². The summed E-state index contributed by atoms with van der Waals surface area (Å²) in [6.45, 7) is 53.5. The van der Waals surface area contributed by atoms with Gasteiger partial charge in [-0.15, -0.1) is 0 Å². The zero-order valence-corrected chi connectivity index (χ0v) is 83.9. The summed E-state index contributed by atoms with van der Waals surface area (Å²) in [6.07, 6.45) is 11.5. The Bertz CT molecular complexity index is 6460. The predicted octanol–water partition coefficient (Wildman–Crippen LogP) is 15.5. The number of hydrogen-bond donors (Lipinski definition) is 10. The normalized spacial score (nSPS) is 15.6. The van der Waals surface area contributed by atoms with Crippen molar-refractivity contribution in [3.05, 3.63) is 293 Å². The van der Waals surface area contributed by atoms with Crippen LogP contribution >= 0.6 is 0 Å². The third kappa shape index (κ3) is 23.5. The number of aryl methyl sites for hydroxylation is 8. The Morgan fingerprint density at radius 1 is 0.333 bits per heavy atom. The van der Waals surface area contributed by atoms with Gasteiger partial charge in [0.05, 0.1) is 51.6 Å². The van der Waals surface area contributed by atoms with Crippen LogP contribution in [0.1, 0.15) is 278 Å². The van der Waals surface area contributed by atoms with E-state index in [2.05, 4.69) is 105 Å². The summed E-state index contributed by atoms with van der Waals surface area (Å²) in [5.41, 5.74) is 16.9. The van der Waals surface area contributed by atoms with E-state index >= 15 is 0 Å². The first kappa shape index (κ1) is 104. The number of carbonyl (C=O) groups excluding carboxylic acids is 10. The average molecular weight is 1880 g/mol. The van der Waals surface area contributed by atoms with Crippen molar-refractivity contribution in [2.45, 2.75) is 225 Å². The SMILES string of the molecule is CCNC(=O)C1=CN(C(=O)c2ccc(C)cc2)CC(C)(C)c2c1n[nH]c2C.CCNC(=O)C1=CN(C(=O)c2ccc(F)c(C)c2)CC(C)(C)c2c1n[nH]c2C.Cc1cc(C(=O)N2C=C(C(=O)NC(C)C)c3[nH]ncc3C(C)(C)C2)ccc1F.Cc1ccc(C(=O)N2C=C(C(=O)NC(C)C)c3[nH]ncc3C(C)(C)C2)cc1.Cc1ccc(C(=O)N2C=C(C(=O)NC(C)C)c3n[nH]c(C)c3C(C)(C)C2)cc1. The van der Waals surface area contributed by atoms with E-state index in [0.29, 0.717) is 141 Å². The summed E-state index contributed by atoms with van der Waals surface area (Å²) in [6, 6.07) is 30.9. The standard InChI is InChI=1S/C22H28N4O2.2C21H25FN4O2.2C21H26N4O2/c1-13(2)23-20(27)17-11-26(21(28)16-9-7-14(3)8-10-16)12-22(5,6)18-15(4)24-25-19(17)18;1-12(2)24-19(27)15-10-26(11-21(4,5)16-9-23-25-18(15)16)20(28)14-6-7-17(22)13(3)8-14;1-6-23-19(27)15-10-26(20(28)14-7-8-16(22)12(2)9-14)11-21(4,5)17-13(3)24-25-18(15)17;1-13(2)23-19(26)16-11-25(20(27)15-8-6-14(3)7-9-15)12-21(4,5)17-10-22-24-18(16)17;1-6-22-19(26)16-11-25(20(27)15-9-7-13(2)8-10-15)12-21(4,5)17-14(3)23-24-18(16)17/h7-11,13H,12H2,1-6H3,(H,23,27)(H,24,25);6-10,12H,11H2,1-5H3,(H,23,25)(H,24,27);7-10H,6,11H2,1-5H3,(H,23,27)(H,24,25);6-11,13H,12H2,1-5H3,(H,22,24)(H,23,26);7-11H,6,12H2,1-5H3,(H,22,26)(H,23,24). The minimum Gasteiger partial charge on any atom is -0.352 e. The summed E-state index contributed by atoms with van der Waals surface area (Å²) in [5, 5.41) is 50.5. The Morgan fingerprint density at radius 2 is 0.572 bits per heavy atom. The van der Waals surface area contributed by atoms with E-state index in [1.165, 1.54) is 46.2 Å². The molecule has 10 N–H and O–H groups in total. The topological polar surface area (TPSA) is 390 Å². The molecule has 0 saturated heterocycles. The summed E-state index contributed by atoms with van der Waals surface area (Å²) in [4.78, 5) is 138. The number of H-pyrrole nitrogens is 5. The molecule has 0 bridgehead atoms.